The quantitative estimate of drug-likeness (QED) is 0.606. The zero-order chi connectivity index (χ0) is 24.5. The Hall–Kier alpha value is -2.74. The molecule has 5 rings (SSSR count). The Morgan fingerprint density at radius 3 is 2.57 bits per heavy atom. The summed E-state index contributed by atoms with van der Waals surface area (Å²) in [6.45, 7) is 3.69. The van der Waals surface area contributed by atoms with Gasteiger partial charge in [0.2, 0.25) is 5.91 Å². The standard InChI is InChI=1S/C27H34N4O3S/c1-26(12-3-2-4-13-26)23(32)30-15-9-20(10-16-30)27(21-7-5-14-28-19-21)24(33)31(25(34)29-27)17-11-22-8-6-18-35-22/h5-8,14,18-20H,2-4,9-13,15-17H2,1H3,(H,29,34). The minimum absolute atomic E-state index is 0.0990. The maximum atomic E-state index is 13.9. The zero-order valence-electron chi connectivity index (χ0n) is 20.4. The van der Waals surface area contributed by atoms with Crippen LogP contribution in [0.1, 0.15) is 62.3 Å². The van der Waals surface area contributed by atoms with E-state index in [1.165, 1.54) is 11.3 Å². The smallest absolute Gasteiger partial charge is 0.325 e. The SMILES string of the molecule is CC1(C(=O)N2CCC(C3(c4cccnc4)NC(=O)N(CCc4cccs4)C3=O)CC2)CCCCC1. The van der Waals surface area contributed by atoms with Crippen molar-refractivity contribution < 1.29 is 14.4 Å². The van der Waals surface area contributed by atoms with Crippen molar-refractivity contribution in [2.75, 3.05) is 19.6 Å². The molecule has 1 unspecified atom stereocenters. The summed E-state index contributed by atoms with van der Waals surface area (Å²) in [6.07, 6.45) is 10.7. The van der Waals surface area contributed by atoms with E-state index in [4.69, 9.17) is 0 Å². The minimum atomic E-state index is -1.13. The number of piperidine rings is 1. The zero-order valence-corrected chi connectivity index (χ0v) is 21.2. The van der Waals surface area contributed by atoms with E-state index in [1.807, 2.05) is 34.5 Å². The molecule has 1 aliphatic carbocycles. The van der Waals surface area contributed by atoms with Gasteiger partial charge in [-0.2, -0.15) is 0 Å². The van der Waals surface area contributed by atoms with Crippen LogP contribution in [0.15, 0.2) is 42.0 Å². The Morgan fingerprint density at radius 2 is 1.91 bits per heavy atom. The fourth-order valence-electron chi connectivity index (χ4n) is 6.22. The predicted molar refractivity (Wildman–Crippen MR) is 135 cm³/mol. The third-order valence-corrected chi connectivity index (χ3v) is 9.21. The number of pyridine rings is 1. The highest BCUT2D eigenvalue weighted by atomic mass is 32.1. The number of likely N-dealkylation sites (tertiary alicyclic amines) is 1. The Morgan fingerprint density at radius 1 is 1.14 bits per heavy atom. The number of amides is 4. The summed E-state index contributed by atoms with van der Waals surface area (Å²) in [6, 6.07) is 7.36. The normalized spacial score (nSPS) is 25.1. The first-order valence-electron chi connectivity index (χ1n) is 12.8. The van der Waals surface area contributed by atoms with E-state index >= 15 is 0 Å². The van der Waals surface area contributed by atoms with Gasteiger partial charge in [-0.15, -0.1) is 11.3 Å². The number of carbonyl (C=O) groups excluding carboxylic acids is 3. The molecule has 2 aromatic heterocycles. The number of thiophene rings is 1. The Labute approximate surface area is 210 Å². The number of hydrogen-bond donors (Lipinski definition) is 1. The van der Waals surface area contributed by atoms with Crippen molar-refractivity contribution in [1.29, 1.82) is 0 Å². The third kappa shape index (κ3) is 4.37. The molecule has 4 heterocycles. The van der Waals surface area contributed by atoms with Gasteiger partial charge in [-0.05, 0) is 55.5 Å². The third-order valence-electron chi connectivity index (χ3n) is 8.28. The molecule has 0 aromatic carbocycles. The molecule has 1 N–H and O–H groups in total. The summed E-state index contributed by atoms with van der Waals surface area (Å²) in [4.78, 5) is 49.2. The minimum Gasteiger partial charge on any atom is -0.342 e. The summed E-state index contributed by atoms with van der Waals surface area (Å²) in [5, 5.41) is 5.10. The molecule has 0 spiro atoms. The van der Waals surface area contributed by atoms with Gasteiger partial charge in [-0.25, -0.2) is 4.79 Å². The van der Waals surface area contributed by atoms with E-state index in [1.54, 1.807) is 23.7 Å². The highest BCUT2D eigenvalue weighted by Crippen LogP contribution is 2.43. The number of carbonyl (C=O) groups is 3. The molecule has 8 heteroatoms. The average Bonchev–Trinajstić information content (AvgIpc) is 3.50. The predicted octanol–water partition coefficient (Wildman–Crippen LogP) is 4.34. The van der Waals surface area contributed by atoms with Gasteiger partial charge in [0.1, 0.15) is 0 Å². The van der Waals surface area contributed by atoms with Crippen LogP contribution in [0.4, 0.5) is 4.79 Å². The van der Waals surface area contributed by atoms with Crippen LogP contribution >= 0.6 is 11.3 Å². The van der Waals surface area contributed by atoms with Crippen molar-refractivity contribution in [3.8, 4) is 0 Å². The number of nitrogens with zero attached hydrogens (tertiary/aromatic N) is 3. The lowest BCUT2D eigenvalue weighted by Gasteiger charge is -2.44. The van der Waals surface area contributed by atoms with E-state index in [2.05, 4.69) is 17.2 Å². The second-order valence-electron chi connectivity index (χ2n) is 10.5. The van der Waals surface area contributed by atoms with Crippen LogP contribution in [0, 0.1) is 11.3 Å². The van der Waals surface area contributed by atoms with Crippen LogP contribution in [0.3, 0.4) is 0 Å². The highest BCUT2D eigenvalue weighted by molar-refractivity contribution is 7.09. The summed E-state index contributed by atoms with van der Waals surface area (Å²) < 4.78 is 0. The van der Waals surface area contributed by atoms with E-state index in [0.717, 1.165) is 36.1 Å². The van der Waals surface area contributed by atoms with Gasteiger partial charge in [-0.3, -0.25) is 19.5 Å². The number of imide groups is 1. The summed E-state index contributed by atoms with van der Waals surface area (Å²) in [7, 11) is 0. The van der Waals surface area contributed by atoms with Crippen LogP contribution in [-0.4, -0.2) is 52.3 Å². The monoisotopic (exact) mass is 494 g/mol. The van der Waals surface area contributed by atoms with Crippen molar-refractivity contribution in [2.24, 2.45) is 11.3 Å². The lowest BCUT2D eigenvalue weighted by Crippen LogP contribution is -2.55. The molecule has 2 saturated heterocycles. The molecule has 2 aromatic rings. The molecule has 35 heavy (non-hydrogen) atoms. The molecule has 1 saturated carbocycles. The van der Waals surface area contributed by atoms with Crippen molar-refractivity contribution in [3.63, 3.8) is 0 Å². The molecule has 186 valence electrons. The second-order valence-corrected chi connectivity index (χ2v) is 11.5. The van der Waals surface area contributed by atoms with Gasteiger partial charge in [-0.1, -0.05) is 38.3 Å². The lowest BCUT2D eigenvalue weighted by atomic mass is 9.72. The first-order valence-corrected chi connectivity index (χ1v) is 13.7. The number of nitrogens with one attached hydrogen (secondary N) is 1. The number of rotatable bonds is 6. The molecule has 7 nitrogen and oxygen atoms in total. The first-order chi connectivity index (χ1) is 16.9. The van der Waals surface area contributed by atoms with E-state index in [9.17, 15) is 14.4 Å². The Kier molecular flexibility index (Phi) is 6.66. The van der Waals surface area contributed by atoms with E-state index < -0.39 is 5.54 Å². The van der Waals surface area contributed by atoms with Crippen LogP contribution in [0.25, 0.3) is 0 Å². The largest absolute Gasteiger partial charge is 0.342 e. The van der Waals surface area contributed by atoms with Gasteiger partial charge in [0, 0.05) is 47.9 Å². The molecule has 1 atom stereocenters. The molecular weight excluding hydrogens is 460 g/mol. The Bertz CT molecular complexity index is 1060. The van der Waals surface area contributed by atoms with Crippen molar-refractivity contribution >= 4 is 29.2 Å². The number of hydrogen-bond acceptors (Lipinski definition) is 5. The fourth-order valence-corrected chi connectivity index (χ4v) is 6.92. The lowest BCUT2D eigenvalue weighted by molar-refractivity contribution is -0.145. The van der Waals surface area contributed by atoms with E-state index in [-0.39, 0.29) is 29.2 Å². The topological polar surface area (TPSA) is 82.6 Å². The van der Waals surface area contributed by atoms with Crippen LogP contribution in [-0.2, 0) is 21.5 Å². The highest BCUT2D eigenvalue weighted by Gasteiger charge is 2.57. The fraction of sp³-hybridized carbons (Fsp3) is 0.556. The van der Waals surface area contributed by atoms with Crippen molar-refractivity contribution in [2.45, 2.75) is 63.8 Å². The molecule has 2 aliphatic heterocycles. The second kappa shape index (κ2) is 9.72. The summed E-state index contributed by atoms with van der Waals surface area (Å²) >= 11 is 1.63. The van der Waals surface area contributed by atoms with Crippen molar-refractivity contribution in [3.05, 3.63) is 52.5 Å². The van der Waals surface area contributed by atoms with Gasteiger partial charge in [0.15, 0.2) is 5.54 Å². The molecule has 3 fully saturated rings. The Balaban J connectivity index is 1.35. The maximum absolute atomic E-state index is 13.9. The van der Waals surface area contributed by atoms with Crippen LogP contribution in [0.5, 0.6) is 0 Å². The maximum Gasteiger partial charge on any atom is 0.325 e. The van der Waals surface area contributed by atoms with Gasteiger partial charge in [0.25, 0.3) is 5.91 Å². The summed E-state index contributed by atoms with van der Waals surface area (Å²) in [5.74, 6) is -0.0420. The molecule has 0 bridgehead atoms. The molecule has 4 amide bonds. The molecule has 0 radical (unpaired) electrons. The van der Waals surface area contributed by atoms with E-state index in [0.29, 0.717) is 38.9 Å². The number of urea groups is 1. The van der Waals surface area contributed by atoms with Gasteiger partial charge >= 0.3 is 6.03 Å². The number of aromatic nitrogens is 1. The first kappa shape index (κ1) is 24.0. The van der Waals surface area contributed by atoms with Crippen LogP contribution < -0.4 is 5.32 Å². The molecular formula is C27H34N4O3S. The van der Waals surface area contributed by atoms with Gasteiger partial charge < -0.3 is 10.2 Å². The molecule has 3 aliphatic rings. The van der Waals surface area contributed by atoms with Gasteiger partial charge in [0.05, 0.1) is 0 Å². The summed E-state index contributed by atoms with van der Waals surface area (Å²) in [5.41, 5.74) is -0.673. The van der Waals surface area contributed by atoms with Crippen LogP contribution in [0.2, 0.25) is 0 Å². The average molecular weight is 495 g/mol. The van der Waals surface area contributed by atoms with Crippen molar-refractivity contribution in [1.82, 2.24) is 20.1 Å².